The van der Waals surface area contributed by atoms with Crippen molar-refractivity contribution in [3.8, 4) is 0 Å². The SMILES string of the molecule is CCCCS(=O)(=O)N1CCNC1=O. The van der Waals surface area contributed by atoms with Gasteiger partial charge in [-0.3, -0.25) is 0 Å². The molecule has 2 amide bonds. The molecule has 1 aliphatic rings. The summed E-state index contributed by atoms with van der Waals surface area (Å²) in [5, 5.41) is 2.46. The lowest BCUT2D eigenvalue weighted by molar-refractivity contribution is 0.236. The summed E-state index contributed by atoms with van der Waals surface area (Å²) in [5.74, 6) is 0.0664. The maximum absolute atomic E-state index is 11.5. The second-order valence-corrected chi connectivity index (χ2v) is 4.99. The fraction of sp³-hybridized carbons (Fsp3) is 0.857. The minimum absolute atomic E-state index is 0.0664. The van der Waals surface area contributed by atoms with Gasteiger partial charge in [0.25, 0.3) is 0 Å². The largest absolute Gasteiger partial charge is 0.335 e. The summed E-state index contributed by atoms with van der Waals surface area (Å²) in [4.78, 5) is 11.0. The van der Waals surface area contributed by atoms with Crippen LogP contribution >= 0.6 is 0 Å². The van der Waals surface area contributed by atoms with E-state index in [0.717, 1.165) is 10.7 Å². The molecule has 1 N–H and O–H groups in total. The average Bonchev–Trinajstić information content (AvgIpc) is 2.48. The minimum atomic E-state index is -3.35. The van der Waals surface area contributed by atoms with Crippen molar-refractivity contribution in [2.45, 2.75) is 19.8 Å². The van der Waals surface area contributed by atoms with Crippen LogP contribution in [0.4, 0.5) is 4.79 Å². The van der Waals surface area contributed by atoms with Crippen LogP contribution in [0.2, 0.25) is 0 Å². The highest BCUT2D eigenvalue weighted by molar-refractivity contribution is 7.89. The number of nitrogens with one attached hydrogen (secondary N) is 1. The second-order valence-electron chi connectivity index (χ2n) is 2.97. The van der Waals surface area contributed by atoms with Crippen molar-refractivity contribution in [1.82, 2.24) is 9.62 Å². The van der Waals surface area contributed by atoms with Gasteiger partial charge in [0.2, 0.25) is 10.0 Å². The molecule has 0 atom stereocenters. The van der Waals surface area contributed by atoms with Gasteiger partial charge >= 0.3 is 6.03 Å². The van der Waals surface area contributed by atoms with Gasteiger partial charge in [-0.1, -0.05) is 13.3 Å². The quantitative estimate of drug-likeness (QED) is 0.711. The first-order chi connectivity index (χ1) is 6.08. The molecule has 5 nitrogen and oxygen atoms in total. The molecule has 0 unspecified atom stereocenters. The van der Waals surface area contributed by atoms with Gasteiger partial charge in [0, 0.05) is 6.54 Å². The predicted octanol–water partition coefficient (Wildman–Crippen LogP) is 0.142. The van der Waals surface area contributed by atoms with Crippen LogP contribution in [-0.4, -0.2) is 37.6 Å². The molecule has 1 fully saturated rings. The van der Waals surface area contributed by atoms with Crippen LogP contribution in [0.15, 0.2) is 0 Å². The van der Waals surface area contributed by atoms with Crippen molar-refractivity contribution in [2.75, 3.05) is 18.8 Å². The van der Waals surface area contributed by atoms with Crippen molar-refractivity contribution in [3.63, 3.8) is 0 Å². The molecule has 13 heavy (non-hydrogen) atoms. The number of sulfonamides is 1. The lowest BCUT2D eigenvalue weighted by atomic mass is 10.4. The monoisotopic (exact) mass is 206 g/mol. The van der Waals surface area contributed by atoms with E-state index >= 15 is 0 Å². The molecular formula is C7H14N2O3S. The van der Waals surface area contributed by atoms with E-state index in [2.05, 4.69) is 5.32 Å². The fourth-order valence-corrected chi connectivity index (χ4v) is 2.72. The number of rotatable bonds is 4. The van der Waals surface area contributed by atoms with Gasteiger partial charge in [-0.05, 0) is 6.42 Å². The molecule has 1 rings (SSSR count). The molecule has 1 aliphatic heterocycles. The molecule has 0 aromatic carbocycles. The van der Waals surface area contributed by atoms with Crippen LogP contribution in [0.1, 0.15) is 19.8 Å². The molecule has 0 aliphatic carbocycles. The molecule has 0 saturated carbocycles. The van der Waals surface area contributed by atoms with Gasteiger partial charge in [-0.15, -0.1) is 0 Å². The van der Waals surface area contributed by atoms with E-state index in [1.165, 1.54) is 0 Å². The minimum Gasteiger partial charge on any atom is -0.335 e. The van der Waals surface area contributed by atoms with Crippen LogP contribution in [0.25, 0.3) is 0 Å². The number of hydrogen-bond donors (Lipinski definition) is 1. The summed E-state index contributed by atoms with van der Waals surface area (Å²) in [5.41, 5.74) is 0. The molecule has 0 aromatic heterocycles. The smallest absolute Gasteiger partial charge is 0.331 e. The molecule has 0 aromatic rings. The molecule has 0 radical (unpaired) electrons. The average molecular weight is 206 g/mol. The van der Waals surface area contributed by atoms with Gasteiger partial charge in [0.1, 0.15) is 0 Å². The lowest BCUT2D eigenvalue weighted by Crippen LogP contribution is -2.35. The number of nitrogens with zero attached hydrogens (tertiary/aromatic N) is 1. The third-order valence-electron chi connectivity index (χ3n) is 1.91. The molecule has 1 heterocycles. The number of hydrogen-bond acceptors (Lipinski definition) is 3. The van der Waals surface area contributed by atoms with Gasteiger partial charge in [-0.2, -0.15) is 0 Å². The van der Waals surface area contributed by atoms with E-state index in [0.29, 0.717) is 13.0 Å². The van der Waals surface area contributed by atoms with Gasteiger partial charge in [0.05, 0.1) is 12.3 Å². The van der Waals surface area contributed by atoms with Crippen LogP contribution in [0, 0.1) is 0 Å². The van der Waals surface area contributed by atoms with Gasteiger partial charge in [-0.25, -0.2) is 17.5 Å². The Balaban J connectivity index is 2.63. The first-order valence-corrected chi connectivity index (χ1v) is 5.97. The number of urea groups is 1. The number of unbranched alkanes of at least 4 members (excludes halogenated alkanes) is 1. The number of amides is 2. The highest BCUT2D eigenvalue weighted by atomic mass is 32.2. The lowest BCUT2D eigenvalue weighted by Gasteiger charge is -2.13. The summed E-state index contributed by atoms with van der Waals surface area (Å²) in [6, 6.07) is -0.490. The molecule has 1 saturated heterocycles. The standard InChI is InChI=1S/C7H14N2O3S/c1-2-3-6-13(11,12)9-5-4-8-7(9)10/h2-6H2,1H3,(H,8,10). The zero-order valence-corrected chi connectivity index (χ0v) is 8.43. The molecule has 76 valence electrons. The van der Waals surface area contributed by atoms with E-state index < -0.39 is 16.1 Å². The zero-order valence-electron chi connectivity index (χ0n) is 7.62. The van der Waals surface area contributed by atoms with E-state index in [9.17, 15) is 13.2 Å². The maximum atomic E-state index is 11.5. The van der Waals surface area contributed by atoms with Crippen LogP contribution < -0.4 is 5.32 Å². The first kappa shape index (κ1) is 10.3. The maximum Gasteiger partial charge on any atom is 0.331 e. The van der Waals surface area contributed by atoms with E-state index in [4.69, 9.17) is 0 Å². The van der Waals surface area contributed by atoms with Crippen molar-refractivity contribution < 1.29 is 13.2 Å². The van der Waals surface area contributed by atoms with E-state index in [1.807, 2.05) is 6.92 Å². The molecule has 0 bridgehead atoms. The van der Waals surface area contributed by atoms with Crippen LogP contribution in [-0.2, 0) is 10.0 Å². The van der Waals surface area contributed by atoms with Crippen molar-refractivity contribution in [3.05, 3.63) is 0 Å². The van der Waals surface area contributed by atoms with E-state index in [-0.39, 0.29) is 12.3 Å². The highest BCUT2D eigenvalue weighted by Crippen LogP contribution is 2.08. The van der Waals surface area contributed by atoms with E-state index in [1.54, 1.807) is 0 Å². The summed E-state index contributed by atoms with van der Waals surface area (Å²) in [7, 11) is -3.35. The third-order valence-corrected chi connectivity index (χ3v) is 3.73. The molecule has 0 spiro atoms. The summed E-state index contributed by atoms with van der Waals surface area (Å²) in [6.45, 7) is 2.61. The van der Waals surface area contributed by atoms with Crippen molar-refractivity contribution in [2.24, 2.45) is 0 Å². The summed E-state index contributed by atoms with van der Waals surface area (Å²) in [6.07, 6.45) is 1.42. The predicted molar refractivity (Wildman–Crippen MR) is 48.8 cm³/mol. The highest BCUT2D eigenvalue weighted by Gasteiger charge is 2.30. The Morgan fingerprint density at radius 3 is 2.69 bits per heavy atom. The van der Waals surface area contributed by atoms with Crippen LogP contribution in [0.3, 0.4) is 0 Å². The Morgan fingerprint density at radius 1 is 1.54 bits per heavy atom. The van der Waals surface area contributed by atoms with Crippen LogP contribution in [0.5, 0.6) is 0 Å². The fourth-order valence-electron chi connectivity index (χ4n) is 1.16. The Morgan fingerprint density at radius 2 is 2.23 bits per heavy atom. The Bertz CT molecular complexity index is 286. The van der Waals surface area contributed by atoms with Gasteiger partial charge < -0.3 is 5.32 Å². The normalized spacial score (nSPS) is 17.6. The summed E-state index contributed by atoms with van der Waals surface area (Å²) < 4.78 is 23.9. The summed E-state index contributed by atoms with van der Waals surface area (Å²) >= 11 is 0. The third kappa shape index (κ3) is 2.33. The topological polar surface area (TPSA) is 66.5 Å². The zero-order chi connectivity index (χ0) is 9.90. The Kier molecular flexibility index (Phi) is 3.13. The first-order valence-electron chi connectivity index (χ1n) is 4.36. The molecular weight excluding hydrogens is 192 g/mol. The van der Waals surface area contributed by atoms with Crippen molar-refractivity contribution >= 4 is 16.1 Å². The second kappa shape index (κ2) is 3.95. The Labute approximate surface area is 78.2 Å². The Hall–Kier alpha value is -0.780. The van der Waals surface area contributed by atoms with Gasteiger partial charge in [0.15, 0.2) is 0 Å². The molecule has 6 heteroatoms. The van der Waals surface area contributed by atoms with Crippen molar-refractivity contribution in [1.29, 1.82) is 0 Å². The number of carbonyl (C=O) groups is 1. The number of carbonyl (C=O) groups excluding carboxylic acids is 1.